The highest BCUT2D eigenvalue weighted by molar-refractivity contribution is 5.98. The average Bonchev–Trinajstić information content (AvgIpc) is 2.53. The van der Waals surface area contributed by atoms with E-state index in [4.69, 9.17) is 0 Å². The minimum Gasteiger partial charge on any atom is -0.348 e. The van der Waals surface area contributed by atoms with E-state index < -0.39 is 0 Å². The van der Waals surface area contributed by atoms with Crippen molar-refractivity contribution < 1.29 is 4.79 Å². The molecule has 4 nitrogen and oxygen atoms in total. The third-order valence-corrected chi connectivity index (χ3v) is 3.58. The molecular weight excluding hydrogens is 274 g/mol. The first-order valence-electron chi connectivity index (χ1n) is 7.18. The molecule has 0 saturated heterocycles. The van der Waals surface area contributed by atoms with Gasteiger partial charge in [-0.1, -0.05) is 18.2 Å². The Hall–Kier alpha value is -2.75. The Labute approximate surface area is 129 Å². The van der Waals surface area contributed by atoms with Gasteiger partial charge in [-0.05, 0) is 43.2 Å². The zero-order valence-corrected chi connectivity index (χ0v) is 12.6. The highest BCUT2D eigenvalue weighted by Crippen LogP contribution is 2.18. The Morgan fingerprint density at radius 2 is 2.05 bits per heavy atom. The van der Waals surface area contributed by atoms with Gasteiger partial charge in [-0.2, -0.15) is 0 Å². The summed E-state index contributed by atoms with van der Waals surface area (Å²) in [4.78, 5) is 21.0. The van der Waals surface area contributed by atoms with Crippen LogP contribution in [0.5, 0.6) is 0 Å². The van der Waals surface area contributed by atoms with Crippen molar-refractivity contribution in [2.45, 2.75) is 20.4 Å². The number of aryl methyl sites for hydroxylation is 2. The van der Waals surface area contributed by atoms with Gasteiger partial charge in [0.2, 0.25) is 0 Å². The van der Waals surface area contributed by atoms with E-state index in [1.165, 1.54) is 0 Å². The molecule has 1 N–H and O–H groups in total. The molecule has 3 rings (SSSR count). The molecule has 0 aliphatic heterocycles. The molecule has 2 heterocycles. The maximum atomic E-state index is 12.4. The number of rotatable bonds is 3. The lowest BCUT2D eigenvalue weighted by molar-refractivity contribution is 0.0950. The van der Waals surface area contributed by atoms with Crippen LogP contribution in [0.25, 0.3) is 10.9 Å². The van der Waals surface area contributed by atoms with Gasteiger partial charge in [-0.25, -0.2) is 0 Å². The fourth-order valence-corrected chi connectivity index (χ4v) is 2.38. The molecular formula is C18H17N3O. The standard InChI is InChI=1S/C18H17N3O/c1-12-5-6-15-9-16(13(2)21-17(15)8-12)18(22)20-11-14-4-3-7-19-10-14/h3-10H,11H2,1-2H3,(H,20,22). The molecule has 0 fully saturated rings. The number of benzene rings is 1. The highest BCUT2D eigenvalue weighted by Gasteiger charge is 2.11. The van der Waals surface area contributed by atoms with Crippen LogP contribution in [0.15, 0.2) is 48.8 Å². The predicted molar refractivity (Wildman–Crippen MR) is 86.6 cm³/mol. The molecule has 0 unspecified atom stereocenters. The molecule has 4 heteroatoms. The first-order chi connectivity index (χ1) is 10.6. The van der Waals surface area contributed by atoms with Gasteiger partial charge < -0.3 is 5.32 Å². The number of nitrogens with zero attached hydrogens (tertiary/aromatic N) is 2. The number of amides is 1. The Morgan fingerprint density at radius 1 is 1.18 bits per heavy atom. The zero-order valence-electron chi connectivity index (χ0n) is 12.6. The average molecular weight is 291 g/mol. The number of pyridine rings is 2. The molecule has 0 bridgehead atoms. The summed E-state index contributed by atoms with van der Waals surface area (Å²) in [6, 6.07) is 11.7. The summed E-state index contributed by atoms with van der Waals surface area (Å²) in [7, 11) is 0. The molecule has 22 heavy (non-hydrogen) atoms. The summed E-state index contributed by atoms with van der Waals surface area (Å²) in [6.45, 7) is 4.35. The summed E-state index contributed by atoms with van der Waals surface area (Å²) in [5, 5.41) is 3.89. The number of carbonyl (C=O) groups excluding carboxylic acids is 1. The maximum Gasteiger partial charge on any atom is 0.253 e. The van der Waals surface area contributed by atoms with Gasteiger partial charge in [0.25, 0.3) is 5.91 Å². The van der Waals surface area contributed by atoms with Crippen molar-refractivity contribution in [3.63, 3.8) is 0 Å². The van der Waals surface area contributed by atoms with E-state index in [1.54, 1.807) is 12.4 Å². The number of fused-ring (bicyclic) bond motifs is 1. The van der Waals surface area contributed by atoms with Crippen molar-refractivity contribution in [1.82, 2.24) is 15.3 Å². The number of aromatic nitrogens is 2. The fourth-order valence-electron chi connectivity index (χ4n) is 2.38. The largest absolute Gasteiger partial charge is 0.348 e. The molecule has 0 atom stereocenters. The van der Waals surface area contributed by atoms with E-state index in [2.05, 4.69) is 15.3 Å². The first-order valence-corrected chi connectivity index (χ1v) is 7.18. The third kappa shape index (κ3) is 2.96. The topological polar surface area (TPSA) is 54.9 Å². The molecule has 2 aromatic heterocycles. The van der Waals surface area contributed by atoms with E-state index in [0.717, 1.165) is 27.7 Å². The van der Waals surface area contributed by atoms with Crippen LogP contribution in [-0.4, -0.2) is 15.9 Å². The number of nitrogens with one attached hydrogen (secondary N) is 1. The van der Waals surface area contributed by atoms with Gasteiger partial charge in [-0.3, -0.25) is 14.8 Å². The minimum atomic E-state index is -0.115. The second-order valence-electron chi connectivity index (χ2n) is 5.36. The van der Waals surface area contributed by atoms with Crippen molar-refractivity contribution in [3.8, 4) is 0 Å². The fraction of sp³-hybridized carbons (Fsp3) is 0.167. The first kappa shape index (κ1) is 14.2. The Balaban J connectivity index is 1.84. The van der Waals surface area contributed by atoms with Crippen molar-refractivity contribution in [2.75, 3.05) is 0 Å². The Morgan fingerprint density at radius 3 is 2.82 bits per heavy atom. The summed E-state index contributed by atoms with van der Waals surface area (Å²) in [5.74, 6) is -0.115. The molecule has 110 valence electrons. The number of hydrogen-bond donors (Lipinski definition) is 1. The van der Waals surface area contributed by atoms with Crippen molar-refractivity contribution in [1.29, 1.82) is 0 Å². The van der Waals surface area contributed by atoms with E-state index >= 15 is 0 Å². The van der Waals surface area contributed by atoms with Crippen LogP contribution in [0.2, 0.25) is 0 Å². The molecule has 1 amide bonds. The molecule has 1 aromatic carbocycles. The summed E-state index contributed by atoms with van der Waals surface area (Å²) in [6.07, 6.45) is 3.46. The van der Waals surface area contributed by atoms with Gasteiger partial charge in [0, 0.05) is 24.3 Å². The van der Waals surface area contributed by atoms with Crippen LogP contribution in [0, 0.1) is 13.8 Å². The quantitative estimate of drug-likeness (QED) is 0.806. The van der Waals surface area contributed by atoms with E-state index in [1.807, 2.05) is 50.2 Å². The van der Waals surface area contributed by atoms with E-state index in [9.17, 15) is 4.79 Å². The van der Waals surface area contributed by atoms with Crippen LogP contribution in [0.1, 0.15) is 27.2 Å². The van der Waals surface area contributed by atoms with Gasteiger partial charge in [-0.15, -0.1) is 0 Å². The van der Waals surface area contributed by atoms with Crippen LogP contribution < -0.4 is 5.32 Å². The maximum absolute atomic E-state index is 12.4. The smallest absolute Gasteiger partial charge is 0.253 e. The van der Waals surface area contributed by atoms with Crippen LogP contribution in [0.3, 0.4) is 0 Å². The lowest BCUT2D eigenvalue weighted by Crippen LogP contribution is -2.24. The minimum absolute atomic E-state index is 0.115. The predicted octanol–water partition coefficient (Wildman–Crippen LogP) is 3.18. The van der Waals surface area contributed by atoms with Gasteiger partial charge >= 0.3 is 0 Å². The lowest BCUT2D eigenvalue weighted by atomic mass is 10.1. The van der Waals surface area contributed by atoms with E-state index in [0.29, 0.717) is 12.1 Å². The van der Waals surface area contributed by atoms with Crippen LogP contribution >= 0.6 is 0 Å². The lowest BCUT2D eigenvalue weighted by Gasteiger charge is -2.09. The molecule has 3 aromatic rings. The Bertz CT molecular complexity index is 828. The van der Waals surface area contributed by atoms with Gasteiger partial charge in [0.1, 0.15) is 0 Å². The zero-order chi connectivity index (χ0) is 15.5. The van der Waals surface area contributed by atoms with Gasteiger partial charge in [0.05, 0.1) is 16.8 Å². The van der Waals surface area contributed by atoms with Crippen LogP contribution in [-0.2, 0) is 6.54 Å². The normalized spacial score (nSPS) is 10.6. The molecule has 0 aliphatic rings. The molecule has 0 aliphatic carbocycles. The third-order valence-electron chi connectivity index (χ3n) is 3.58. The molecule has 0 saturated carbocycles. The SMILES string of the molecule is Cc1ccc2cc(C(=O)NCc3cccnc3)c(C)nc2c1. The highest BCUT2D eigenvalue weighted by atomic mass is 16.1. The van der Waals surface area contributed by atoms with E-state index in [-0.39, 0.29) is 5.91 Å². The number of hydrogen-bond acceptors (Lipinski definition) is 3. The summed E-state index contributed by atoms with van der Waals surface area (Å²) in [5.41, 5.74) is 4.40. The second-order valence-corrected chi connectivity index (χ2v) is 5.36. The second kappa shape index (κ2) is 5.93. The number of carbonyl (C=O) groups is 1. The van der Waals surface area contributed by atoms with Gasteiger partial charge in [0.15, 0.2) is 0 Å². The summed E-state index contributed by atoms with van der Waals surface area (Å²) < 4.78 is 0. The van der Waals surface area contributed by atoms with Crippen molar-refractivity contribution in [2.24, 2.45) is 0 Å². The van der Waals surface area contributed by atoms with Crippen molar-refractivity contribution >= 4 is 16.8 Å². The monoisotopic (exact) mass is 291 g/mol. The summed E-state index contributed by atoms with van der Waals surface area (Å²) >= 11 is 0. The molecule has 0 spiro atoms. The van der Waals surface area contributed by atoms with Crippen molar-refractivity contribution in [3.05, 3.63) is 71.2 Å². The molecule has 0 radical (unpaired) electrons. The van der Waals surface area contributed by atoms with Crippen LogP contribution in [0.4, 0.5) is 0 Å². The Kier molecular flexibility index (Phi) is 3.83.